The Morgan fingerprint density at radius 3 is 2.62 bits per heavy atom. The number of methoxy groups -OCH3 is 1. The fraction of sp³-hybridized carbons (Fsp3) is 0.462. The van der Waals surface area contributed by atoms with Crippen molar-refractivity contribution in [2.45, 2.75) is 19.8 Å². The number of carbonyl (C=O) groups excluding carboxylic acids is 1. The summed E-state index contributed by atoms with van der Waals surface area (Å²) < 4.78 is 5.30. The lowest BCUT2D eigenvalue weighted by Crippen LogP contribution is -2.20. The first kappa shape index (κ1) is 12.7. The normalized spacial score (nSPS) is 10.6. The molecule has 0 amide bonds. The second-order valence-electron chi connectivity index (χ2n) is 4.03. The van der Waals surface area contributed by atoms with Crippen molar-refractivity contribution in [1.82, 2.24) is 5.32 Å². The number of ether oxygens (including phenoxy) is 1. The second kappa shape index (κ2) is 5.66. The Kier molecular flexibility index (Phi) is 4.50. The van der Waals surface area contributed by atoms with Crippen molar-refractivity contribution in [1.29, 1.82) is 0 Å². The predicted molar refractivity (Wildman–Crippen MR) is 65.3 cm³/mol. The van der Waals surface area contributed by atoms with Gasteiger partial charge in [-0.15, -0.1) is 0 Å². The first-order valence-corrected chi connectivity index (χ1v) is 5.46. The van der Waals surface area contributed by atoms with Gasteiger partial charge in [-0.25, -0.2) is 0 Å². The van der Waals surface area contributed by atoms with Crippen LogP contribution in [0.5, 0.6) is 5.75 Å². The van der Waals surface area contributed by atoms with Crippen LogP contribution in [0.25, 0.3) is 0 Å². The zero-order chi connectivity index (χ0) is 12.1. The van der Waals surface area contributed by atoms with E-state index in [2.05, 4.69) is 19.2 Å². The molecule has 0 heterocycles. The Bertz CT molecular complexity index is 372. The van der Waals surface area contributed by atoms with Gasteiger partial charge >= 0.3 is 0 Å². The highest BCUT2D eigenvalue weighted by atomic mass is 16.5. The molecule has 0 aliphatic heterocycles. The summed E-state index contributed by atoms with van der Waals surface area (Å²) in [7, 11) is 3.40. The fourth-order valence-corrected chi connectivity index (χ4v) is 1.82. The van der Waals surface area contributed by atoms with Gasteiger partial charge in [-0.05, 0) is 19.0 Å². The molecule has 1 N–H and O–H groups in total. The molecule has 0 saturated heterocycles. The number of nitrogens with one attached hydrogen (secondary N) is 1. The first-order valence-electron chi connectivity index (χ1n) is 5.46. The third-order valence-corrected chi connectivity index (χ3v) is 2.50. The van der Waals surface area contributed by atoms with E-state index in [1.807, 2.05) is 18.2 Å². The van der Waals surface area contributed by atoms with Crippen LogP contribution in [0.4, 0.5) is 0 Å². The van der Waals surface area contributed by atoms with Crippen LogP contribution in [-0.4, -0.2) is 26.5 Å². The lowest BCUT2D eigenvalue weighted by Gasteiger charge is -2.15. The summed E-state index contributed by atoms with van der Waals surface area (Å²) in [5.74, 6) is 1.16. The van der Waals surface area contributed by atoms with Crippen molar-refractivity contribution in [2.24, 2.45) is 0 Å². The Morgan fingerprint density at radius 2 is 2.12 bits per heavy atom. The molecule has 1 aromatic carbocycles. The van der Waals surface area contributed by atoms with Gasteiger partial charge in [0.15, 0.2) is 5.78 Å². The number of Topliss-reactive ketones (excluding diaryl/α,β-unsaturated/α-hetero) is 1. The van der Waals surface area contributed by atoms with E-state index in [1.54, 1.807) is 14.2 Å². The van der Waals surface area contributed by atoms with Crippen LogP contribution in [0, 0.1) is 0 Å². The SMILES string of the molecule is CNCC(=O)c1cccc(OC)c1C(C)C. The van der Waals surface area contributed by atoms with Crippen molar-refractivity contribution in [3.8, 4) is 5.75 Å². The zero-order valence-corrected chi connectivity index (χ0v) is 10.3. The Labute approximate surface area is 96.8 Å². The van der Waals surface area contributed by atoms with Crippen LogP contribution in [0.15, 0.2) is 18.2 Å². The second-order valence-corrected chi connectivity index (χ2v) is 4.03. The fourth-order valence-electron chi connectivity index (χ4n) is 1.82. The molecule has 1 aromatic rings. The van der Waals surface area contributed by atoms with Crippen molar-refractivity contribution >= 4 is 5.78 Å². The lowest BCUT2D eigenvalue weighted by molar-refractivity contribution is 0.0992. The minimum absolute atomic E-state index is 0.102. The van der Waals surface area contributed by atoms with Crippen molar-refractivity contribution in [2.75, 3.05) is 20.7 Å². The highest BCUT2D eigenvalue weighted by Crippen LogP contribution is 2.29. The summed E-state index contributed by atoms with van der Waals surface area (Å²) in [6.45, 7) is 4.48. The van der Waals surface area contributed by atoms with Gasteiger partial charge in [-0.1, -0.05) is 26.0 Å². The molecule has 0 fully saturated rings. The first-order chi connectivity index (χ1) is 7.61. The molecule has 0 aliphatic rings. The zero-order valence-electron chi connectivity index (χ0n) is 10.3. The van der Waals surface area contributed by atoms with Crippen LogP contribution >= 0.6 is 0 Å². The Hall–Kier alpha value is -1.35. The van der Waals surface area contributed by atoms with Crippen LogP contribution in [0.2, 0.25) is 0 Å². The van der Waals surface area contributed by atoms with E-state index in [0.717, 1.165) is 16.9 Å². The average molecular weight is 221 g/mol. The van der Waals surface area contributed by atoms with E-state index in [4.69, 9.17) is 4.74 Å². The Balaban J connectivity index is 3.22. The third-order valence-electron chi connectivity index (χ3n) is 2.50. The van der Waals surface area contributed by atoms with Gasteiger partial charge in [0, 0.05) is 11.1 Å². The number of hydrogen-bond donors (Lipinski definition) is 1. The van der Waals surface area contributed by atoms with Crippen LogP contribution < -0.4 is 10.1 Å². The third kappa shape index (κ3) is 2.61. The molecule has 0 aliphatic carbocycles. The van der Waals surface area contributed by atoms with E-state index >= 15 is 0 Å². The number of benzene rings is 1. The summed E-state index contributed by atoms with van der Waals surface area (Å²) in [6.07, 6.45) is 0. The van der Waals surface area contributed by atoms with E-state index in [0.29, 0.717) is 6.54 Å². The minimum atomic E-state index is 0.102. The summed E-state index contributed by atoms with van der Waals surface area (Å²) in [6, 6.07) is 5.61. The lowest BCUT2D eigenvalue weighted by atomic mass is 9.93. The monoisotopic (exact) mass is 221 g/mol. The molecule has 1 rings (SSSR count). The van der Waals surface area contributed by atoms with Crippen molar-refractivity contribution in [3.05, 3.63) is 29.3 Å². The molecular formula is C13H19NO2. The standard InChI is InChI=1S/C13H19NO2/c1-9(2)13-10(11(15)8-14-3)6-5-7-12(13)16-4/h5-7,9,14H,8H2,1-4H3. The van der Waals surface area contributed by atoms with Crippen LogP contribution in [0.1, 0.15) is 35.7 Å². The summed E-state index contributed by atoms with van der Waals surface area (Å²) in [5, 5.41) is 2.88. The molecule has 0 spiro atoms. The van der Waals surface area contributed by atoms with E-state index < -0.39 is 0 Å². The number of carbonyl (C=O) groups is 1. The number of ketones is 1. The molecule has 0 radical (unpaired) electrons. The topological polar surface area (TPSA) is 38.3 Å². The van der Waals surface area contributed by atoms with Gasteiger partial charge in [-0.2, -0.15) is 0 Å². The van der Waals surface area contributed by atoms with Crippen LogP contribution in [0.3, 0.4) is 0 Å². The molecular weight excluding hydrogens is 202 g/mol. The average Bonchev–Trinajstić information content (AvgIpc) is 2.28. The maximum atomic E-state index is 11.9. The molecule has 0 bridgehead atoms. The minimum Gasteiger partial charge on any atom is -0.496 e. The number of rotatable bonds is 5. The van der Waals surface area contributed by atoms with Gasteiger partial charge in [-0.3, -0.25) is 4.79 Å². The largest absolute Gasteiger partial charge is 0.496 e. The summed E-state index contributed by atoms with van der Waals surface area (Å²) in [4.78, 5) is 11.9. The van der Waals surface area contributed by atoms with E-state index in [9.17, 15) is 4.79 Å². The molecule has 16 heavy (non-hydrogen) atoms. The molecule has 3 heteroatoms. The van der Waals surface area contributed by atoms with Crippen molar-refractivity contribution in [3.63, 3.8) is 0 Å². The van der Waals surface area contributed by atoms with Gasteiger partial charge in [0.05, 0.1) is 13.7 Å². The van der Waals surface area contributed by atoms with Gasteiger partial charge in [0.25, 0.3) is 0 Å². The Morgan fingerprint density at radius 1 is 1.44 bits per heavy atom. The molecule has 3 nitrogen and oxygen atoms in total. The summed E-state index contributed by atoms with van der Waals surface area (Å²) >= 11 is 0. The van der Waals surface area contributed by atoms with Crippen LogP contribution in [-0.2, 0) is 0 Å². The van der Waals surface area contributed by atoms with Crippen molar-refractivity contribution < 1.29 is 9.53 Å². The maximum Gasteiger partial charge on any atom is 0.177 e. The van der Waals surface area contributed by atoms with Gasteiger partial charge in [0.2, 0.25) is 0 Å². The molecule has 0 unspecified atom stereocenters. The number of likely N-dealkylation sites (N-methyl/N-ethyl adjacent to an activating group) is 1. The van der Waals surface area contributed by atoms with Gasteiger partial charge < -0.3 is 10.1 Å². The van der Waals surface area contributed by atoms with E-state index in [1.165, 1.54) is 0 Å². The number of hydrogen-bond acceptors (Lipinski definition) is 3. The molecule has 0 atom stereocenters. The predicted octanol–water partition coefficient (Wildman–Crippen LogP) is 2.22. The quantitative estimate of drug-likeness (QED) is 0.775. The molecule has 88 valence electrons. The van der Waals surface area contributed by atoms with Gasteiger partial charge in [0.1, 0.15) is 5.75 Å². The highest BCUT2D eigenvalue weighted by Gasteiger charge is 2.17. The maximum absolute atomic E-state index is 11.9. The highest BCUT2D eigenvalue weighted by molar-refractivity contribution is 5.99. The smallest absolute Gasteiger partial charge is 0.177 e. The molecule has 0 saturated carbocycles. The molecule has 0 aromatic heterocycles. The summed E-state index contributed by atoms with van der Waals surface area (Å²) in [5.41, 5.74) is 1.74. The van der Waals surface area contributed by atoms with E-state index in [-0.39, 0.29) is 11.7 Å².